The molecule has 8 heteroatoms. The summed E-state index contributed by atoms with van der Waals surface area (Å²) >= 11 is 0. The molecule has 0 spiro atoms. The smallest absolute Gasteiger partial charge is 0.217 e. The Kier molecular flexibility index (Phi) is 19.9. The summed E-state index contributed by atoms with van der Waals surface area (Å²) in [5.41, 5.74) is 3.83. The van der Waals surface area contributed by atoms with E-state index in [1.807, 2.05) is 45.0 Å². The maximum absolute atomic E-state index is 10.8. The highest BCUT2D eigenvalue weighted by atomic mass is 16.1. The summed E-state index contributed by atoms with van der Waals surface area (Å²) in [7, 11) is 4.02. The molecule has 1 saturated carbocycles. The lowest BCUT2D eigenvalue weighted by Crippen LogP contribution is -2.36. The topological polar surface area (TPSA) is 106 Å². The predicted molar refractivity (Wildman–Crippen MR) is 178 cm³/mol. The van der Waals surface area contributed by atoms with Crippen molar-refractivity contribution in [2.75, 3.05) is 19.0 Å². The van der Waals surface area contributed by atoms with Gasteiger partial charge in [-0.25, -0.2) is 9.97 Å². The zero-order valence-electron chi connectivity index (χ0n) is 26.5. The molecule has 2 aliphatic rings. The first-order valence-electron chi connectivity index (χ1n) is 14.4. The summed E-state index contributed by atoms with van der Waals surface area (Å²) in [6.45, 7) is 19.8. The maximum atomic E-state index is 10.8. The van der Waals surface area contributed by atoms with E-state index in [9.17, 15) is 4.79 Å². The van der Waals surface area contributed by atoms with Crippen LogP contribution in [0.2, 0.25) is 0 Å². The molecule has 0 atom stereocenters. The van der Waals surface area contributed by atoms with E-state index in [4.69, 9.17) is 5.41 Å². The van der Waals surface area contributed by atoms with Gasteiger partial charge in [0.25, 0.3) is 0 Å². The Hall–Kier alpha value is -3.81. The number of hydrogen-bond donors (Lipinski definition) is 3. The molecule has 0 radical (unpaired) electrons. The van der Waals surface area contributed by atoms with Crippen LogP contribution in [0, 0.1) is 18.3 Å². The van der Waals surface area contributed by atoms with Crippen molar-refractivity contribution in [3.63, 3.8) is 0 Å². The van der Waals surface area contributed by atoms with Gasteiger partial charge in [-0.1, -0.05) is 57.2 Å². The van der Waals surface area contributed by atoms with Crippen LogP contribution in [-0.2, 0) is 4.79 Å². The number of nitrogens with zero attached hydrogens (tertiary/aromatic N) is 4. The molecule has 0 aliphatic heterocycles. The number of carbonyl (C=O) groups is 1. The number of carbonyl (C=O) groups excluding carboxylic acids is 1. The highest BCUT2D eigenvalue weighted by Crippen LogP contribution is 2.27. The molecule has 1 heterocycles. The van der Waals surface area contributed by atoms with Crippen molar-refractivity contribution in [3.8, 4) is 0 Å². The second-order valence-corrected chi connectivity index (χ2v) is 10.2. The summed E-state index contributed by atoms with van der Waals surface area (Å²) in [6, 6.07) is 0.464. The number of aryl methyl sites for hydroxylation is 1. The van der Waals surface area contributed by atoms with Gasteiger partial charge < -0.3 is 15.6 Å². The van der Waals surface area contributed by atoms with Crippen molar-refractivity contribution in [2.45, 2.75) is 85.6 Å². The van der Waals surface area contributed by atoms with E-state index < -0.39 is 0 Å². The Labute approximate surface area is 248 Å². The van der Waals surface area contributed by atoms with Crippen molar-refractivity contribution >= 4 is 35.8 Å². The molecular weight excluding hydrogens is 510 g/mol. The Morgan fingerprint density at radius 3 is 2.34 bits per heavy atom. The van der Waals surface area contributed by atoms with Crippen LogP contribution in [0.25, 0.3) is 12.2 Å². The van der Waals surface area contributed by atoms with Gasteiger partial charge >= 0.3 is 0 Å². The second-order valence-electron chi connectivity index (χ2n) is 10.2. The molecular formula is C33H53N7O. The summed E-state index contributed by atoms with van der Waals surface area (Å²) in [5, 5.41) is 15.7. The summed E-state index contributed by atoms with van der Waals surface area (Å²) < 4.78 is 0. The number of rotatable bonds is 8. The molecule has 1 aromatic heterocycles. The lowest BCUT2D eigenvalue weighted by Gasteiger charge is -2.28. The van der Waals surface area contributed by atoms with Crippen molar-refractivity contribution in [2.24, 2.45) is 11.0 Å². The van der Waals surface area contributed by atoms with E-state index in [0.29, 0.717) is 17.5 Å². The molecule has 0 saturated heterocycles. The minimum atomic E-state index is 0.124. The first-order valence-corrected chi connectivity index (χ1v) is 14.4. The van der Waals surface area contributed by atoms with E-state index in [1.54, 1.807) is 26.0 Å². The molecule has 3 rings (SSSR count). The van der Waals surface area contributed by atoms with Gasteiger partial charge in [0.15, 0.2) is 0 Å². The van der Waals surface area contributed by atoms with Crippen molar-refractivity contribution in [1.29, 1.82) is 5.41 Å². The fourth-order valence-corrected chi connectivity index (χ4v) is 4.20. The zero-order chi connectivity index (χ0) is 31.2. The van der Waals surface area contributed by atoms with Crippen molar-refractivity contribution in [1.82, 2.24) is 20.7 Å². The van der Waals surface area contributed by atoms with E-state index in [-0.39, 0.29) is 5.91 Å². The van der Waals surface area contributed by atoms with Crippen LogP contribution in [0.3, 0.4) is 0 Å². The zero-order valence-corrected chi connectivity index (χ0v) is 26.5. The third-order valence-corrected chi connectivity index (χ3v) is 6.12. The molecule has 0 unspecified atom stereocenters. The summed E-state index contributed by atoms with van der Waals surface area (Å²) in [5.74, 6) is 2.86. The average molecular weight is 564 g/mol. The van der Waals surface area contributed by atoms with Gasteiger partial charge in [-0.15, -0.1) is 6.58 Å². The summed E-state index contributed by atoms with van der Waals surface area (Å²) in [6.07, 6.45) is 21.4. The molecule has 1 aromatic rings. The van der Waals surface area contributed by atoms with Crippen LogP contribution < -0.4 is 26.2 Å². The molecule has 8 nitrogen and oxygen atoms in total. The minimum Gasteiger partial charge on any atom is -0.362 e. The molecule has 0 aromatic carbocycles. The molecule has 226 valence electrons. The van der Waals surface area contributed by atoms with Crippen LogP contribution >= 0.6 is 0 Å². The Balaban J connectivity index is 0.000000569. The highest BCUT2D eigenvalue weighted by molar-refractivity contribution is 6.28. The van der Waals surface area contributed by atoms with Crippen LogP contribution in [0.1, 0.15) is 78.5 Å². The van der Waals surface area contributed by atoms with Crippen LogP contribution in [-0.4, -0.2) is 47.9 Å². The van der Waals surface area contributed by atoms with E-state index in [1.165, 1.54) is 38.5 Å². The average Bonchev–Trinajstić information content (AvgIpc) is 3.18. The number of fused-ring (bicyclic) bond motifs is 1. The van der Waals surface area contributed by atoms with Crippen LogP contribution in [0.4, 0.5) is 5.82 Å². The lowest BCUT2D eigenvalue weighted by atomic mass is 9.83. The van der Waals surface area contributed by atoms with Gasteiger partial charge in [-0.2, -0.15) is 5.10 Å². The number of hydrogen-bond acceptors (Lipinski definition) is 7. The third kappa shape index (κ3) is 16.8. The largest absolute Gasteiger partial charge is 0.362 e. The van der Waals surface area contributed by atoms with Crippen LogP contribution in [0.15, 0.2) is 54.8 Å². The molecule has 0 bridgehead atoms. The maximum Gasteiger partial charge on any atom is 0.217 e. The van der Waals surface area contributed by atoms with Crippen molar-refractivity contribution < 1.29 is 4.79 Å². The monoisotopic (exact) mass is 563 g/mol. The Bertz CT molecular complexity index is 1160. The van der Waals surface area contributed by atoms with Crippen molar-refractivity contribution in [3.05, 3.63) is 66.1 Å². The minimum absolute atomic E-state index is 0.124. The number of allylic oxidation sites excluding steroid dienone is 4. The lowest BCUT2D eigenvalue weighted by molar-refractivity contribution is -0.119. The first kappa shape index (κ1) is 37.2. The van der Waals surface area contributed by atoms with Gasteiger partial charge in [0.1, 0.15) is 11.6 Å². The SMILES string of the molecule is C=CC.C=CC(=C)N/N=C(/C)C=N.CCCC1CCC(NC(C)=O)CC1.Cc1nc(N(C)C)c2c(n1)=CC=CCC=2. The fraction of sp³-hybridized carbons (Fsp3) is 0.485. The molecule has 2 aliphatic carbocycles. The number of hydrazone groups is 1. The fourth-order valence-electron chi connectivity index (χ4n) is 4.20. The normalized spacial score (nSPS) is 16.8. The Morgan fingerprint density at radius 1 is 1.20 bits per heavy atom. The van der Waals surface area contributed by atoms with Gasteiger partial charge in [0.05, 0.1) is 11.1 Å². The molecule has 1 amide bonds. The van der Waals surface area contributed by atoms with Gasteiger partial charge in [0.2, 0.25) is 5.91 Å². The standard InChI is InChI=1S/C12H15N3.C11H21NO.C7H11N3.C3H6/c1-9-13-11-8-6-4-5-7-10(11)12(14-9)15(2)3;1-3-4-10-5-7-11(8-6-10)12-9(2)13;1-4-6(2)9-10-7(3)5-8;1-3-2/h4,6-8H,5H2,1-3H3;10-11H,3-8H2,1-2H3,(H,12,13);4-5,8-9H,1-2H2,3H3;3H,1H2,2H3/b;;8-5?,10-7-;. The van der Waals surface area contributed by atoms with Gasteiger partial charge in [-0.3, -0.25) is 10.2 Å². The first-order chi connectivity index (χ1) is 19.5. The Morgan fingerprint density at radius 2 is 1.83 bits per heavy atom. The molecule has 1 fully saturated rings. The molecule has 3 N–H and O–H groups in total. The number of amides is 1. The highest BCUT2D eigenvalue weighted by Gasteiger charge is 2.20. The number of anilines is 1. The summed E-state index contributed by atoms with van der Waals surface area (Å²) in [4.78, 5) is 21.7. The quantitative estimate of drug-likeness (QED) is 0.171. The molecule has 41 heavy (non-hydrogen) atoms. The van der Waals surface area contributed by atoms with Gasteiger partial charge in [0, 0.05) is 44.2 Å². The van der Waals surface area contributed by atoms with Gasteiger partial charge in [-0.05, 0) is 70.9 Å². The number of nitrogens with one attached hydrogen (secondary N) is 3. The number of aromatic nitrogens is 2. The van der Waals surface area contributed by atoms with E-state index in [0.717, 1.165) is 40.8 Å². The third-order valence-electron chi connectivity index (χ3n) is 6.12. The van der Waals surface area contributed by atoms with E-state index >= 15 is 0 Å². The predicted octanol–water partition coefficient (Wildman–Crippen LogP) is 5.35. The van der Waals surface area contributed by atoms with Crippen LogP contribution in [0.5, 0.6) is 0 Å². The second kappa shape index (κ2) is 21.9. The van der Waals surface area contributed by atoms with E-state index in [2.05, 4.69) is 64.6 Å².